The van der Waals surface area contributed by atoms with Crippen molar-refractivity contribution in [3.05, 3.63) is 0 Å². The minimum absolute atomic E-state index is 0.0185. The first-order valence-corrected chi connectivity index (χ1v) is 3.40. The zero-order valence-electron chi connectivity index (χ0n) is 7.20. The maximum Gasteiger partial charge on any atom is 0.388 e. The summed E-state index contributed by atoms with van der Waals surface area (Å²) in [7, 11) is 1.83. The van der Waals surface area contributed by atoms with E-state index in [-0.39, 0.29) is 12.0 Å². The third-order valence-corrected chi connectivity index (χ3v) is 1.38. The molecule has 0 spiro atoms. The number of aliphatic imine (C=N–C) groups is 1. The average Bonchev–Trinajstić information content (AvgIpc) is 1.84. The van der Waals surface area contributed by atoms with Crippen molar-refractivity contribution in [1.82, 2.24) is 0 Å². The molecule has 0 unspecified atom stereocenters. The van der Waals surface area contributed by atoms with Crippen molar-refractivity contribution in [3.8, 4) is 0 Å². The quantitative estimate of drug-likeness (QED) is 0.249. The first kappa shape index (κ1) is 9.74. The van der Waals surface area contributed by atoms with Crippen LogP contribution in [0.3, 0.4) is 0 Å². The highest BCUT2D eigenvalue weighted by molar-refractivity contribution is 5.89. The predicted octanol–water partition coefficient (Wildman–Crippen LogP) is -1.37. The highest BCUT2D eigenvalue weighted by atomic mass is 15.2. The molecule has 0 heterocycles. The van der Waals surface area contributed by atoms with Crippen molar-refractivity contribution in [2.24, 2.45) is 22.2 Å². The second-order valence-electron chi connectivity index (χ2n) is 2.60. The van der Waals surface area contributed by atoms with E-state index in [4.69, 9.17) is 17.2 Å². The molecule has 0 aromatic carbocycles. The number of nitrogens with two attached hydrogens (primary N) is 3. The smallest absolute Gasteiger partial charge is 0.356 e. The third-order valence-electron chi connectivity index (χ3n) is 1.38. The van der Waals surface area contributed by atoms with Gasteiger partial charge in [0.15, 0.2) is 0 Å². The number of hydrogen-bond donors (Lipinski definition) is 3. The van der Waals surface area contributed by atoms with E-state index in [2.05, 4.69) is 4.99 Å². The van der Waals surface area contributed by atoms with Gasteiger partial charge in [-0.05, 0) is 18.8 Å². The molecule has 0 saturated carbocycles. The molecule has 64 valence electrons. The Kier molecular flexibility index (Phi) is 3.36. The molecule has 0 aromatic heterocycles. The van der Waals surface area contributed by atoms with Crippen LogP contribution < -0.4 is 17.2 Å². The van der Waals surface area contributed by atoms with Gasteiger partial charge in [-0.15, -0.1) is 0 Å². The van der Waals surface area contributed by atoms with E-state index in [0.717, 1.165) is 0 Å². The lowest BCUT2D eigenvalue weighted by Gasteiger charge is -2.04. The van der Waals surface area contributed by atoms with Gasteiger partial charge in [-0.1, -0.05) is 0 Å². The van der Waals surface area contributed by atoms with Crippen molar-refractivity contribution in [3.63, 3.8) is 0 Å². The molecule has 0 amide bonds. The van der Waals surface area contributed by atoms with Gasteiger partial charge in [0.1, 0.15) is 0 Å². The molecule has 0 fully saturated rings. The minimum atomic E-state index is -0.0185. The maximum absolute atomic E-state index is 5.51. The number of hydrogen-bond acceptors (Lipinski definition) is 0. The summed E-state index contributed by atoms with van der Waals surface area (Å²) >= 11 is 0. The molecule has 11 heavy (non-hydrogen) atoms. The second kappa shape index (κ2) is 3.80. The van der Waals surface area contributed by atoms with Gasteiger partial charge in [-0.25, -0.2) is 0 Å². The van der Waals surface area contributed by atoms with Crippen LogP contribution in [0.25, 0.3) is 0 Å². The van der Waals surface area contributed by atoms with Crippen LogP contribution in [0.4, 0.5) is 0 Å². The van der Waals surface area contributed by atoms with Crippen molar-refractivity contribution in [2.45, 2.75) is 19.9 Å². The second-order valence-corrected chi connectivity index (χ2v) is 2.60. The van der Waals surface area contributed by atoms with Gasteiger partial charge in [0, 0.05) is 0 Å². The zero-order valence-corrected chi connectivity index (χ0v) is 7.20. The largest absolute Gasteiger partial charge is 0.388 e. The van der Waals surface area contributed by atoms with E-state index in [1.807, 2.05) is 20.9 Å². The summed E-state index contributed by atoms with van der Waals surface area (Å²) in [5, 5.41) is 0. The summed E-state index contributed by atoms with van der Waals surface area (Å²) in [5.41, 5.74) is 15.8. The highest BCUT2D eigenvalue weighted by Crippen LogP contribution is 1.84. The molecule has 0 bridgehead atoms. The standard InChI is InChI=1S/C6H15N5/c1-4(2)11(3)6(9)10-5(7)8/h4H,1-3H3,(H5,7,8,9,10)/p+1. The molecular weight excluding hydrogens is 142 g/mol. The summed E-state index contributed by atoms with van der Waals surface area (Å²) in [6.07, 6.45) is 0. The minimum Gasteiger partial charge on any atom is -0.356 e. The Labute approximate surface area is 66.6 Å². The summed E-state index contributed by atoms with van der Waals surface area (Å²) < 4.78 is 1.78. The monoisotopic (exact) mass is 158 g/mol. The van der Waals surface area contributed by atoms with Crippen LogP contribution in [0.5, 0.6) is 0 Å². The van der Waals surface area contributed by atoms with E-state index < -0.39 is 0 Å². The first-order chi connectivity index (χ1) is 4.95. The fraction of sp³-hybridized carbons (Fsp3) is 0.667. The van der Waals surface area contributed by atoms with Crippen LogP contribution in [0.15, 0.2) is 4.99 Å². The molecule has 0 radical (unpaired) electrons. The van der Waals surface area contributed by atoms with Crippen LogP contribution >= 0.6 is 0 Å². The Hall–Kier alpha value is -1.26. The molecule has 0 atom stereocenters. The Balaban J connectivity index is 4.54. The maximum atomic E-state index is 5.51. The topological polar surface area (TPSA) is 93.4 Å². The van der Waals surface area contributed by atoms with Crippen molar-refractivity contribution in [1.29, 1.82) is 0 Å². The van der Waals surface area contributed by atoms with Crippen molar-refractivity contribution >= 4 is 11.9 Å². The fourth-order valence-electron chi connectivity index (χ4n) is 0.476. The van der Waals surface area contributed by atoms with Crippen LogP contribution in [0.2, 0.25) is 0 Å². The Morgan fingerprint density at radius 1 is 1.27 bits per heavy atom. The van der Waals surface area contributed by atoms with E-state index in [0.29, 0.717) is 5.96 Å². The molecule has 0 saturated heterocycles. The average molecular weight is 158 g/mol. The van der Waals surface area contributed by atoms with E-state index in [1.54, 1.807) is 4.58 Å². The molecular formula is C6H16N5+. The lowest BCUT2D eigenvalue weighted by atomic mass is 10.4. The lowest BCUT2D eigenvalue weighted by Crippen LogP contribution is -2.33. The summed E-state index contributed by atoms with van der Waals surface area (Å²) in [6, 6.07) is 0.290. The van der Waals surface area contributed by atoms with Crippen molar-refractivity contribution < 1.29 is 4.58 Å². The zero-order chi connectivity index (χ0) is 9.02. The Bertz CT molecular complexity index is 187. The Morgan fingerprint density at radius 3 is 2.00 bits per heavy atom. The molecule has 0 rings (SSSR count). The summed E-state index contributed by atoms with van der Waals surface area (Å²) in [6.45, 7) is 3.99. The van der Waals surface area contributed by atoms with Crippen molar-refractivity contribution in [2.75, 3.05) is 7.05 Å². The fourth-order valence-corrected chi connectivity index (χ4v) is 0.476. The number of rotatable bonds is 1. The molecule has 5 heteroatoms. The van der Waals surface area contributed by atoms with Gasteiger partial charge in [0.25, 0.3) is 5.96 Å². The van der Waals surface area contributed by atoms with Crippen LogP contribution in [-0.4, -0.2) is 29.6 Å². The van der Waals surface area contributed by atoms with E-state index in [9.17, 15) is 0 Å². The van der Waals surface area contributed by atoms with Gasteiger partial charge in [-0.3, -0.25) is 10.3 Å². The number of nitrogens with zero attached hydrogens (tertiary/aromatic N) is 2. The first-order valence-electron chi connectivity index (χ1n) is 3.40. The van der Waals surface area contributed by atoms with Crippen LogP contribution in [0.1, 0.15) is 13.8 Å². The van der Waals surface area contributed by atoms with Gasteiger partial charge in [0.05, 0.1) is 13.1 Å². The van der Waals surface area contributed by atoms with Gasteiger partial charge >= 0.3 is 5.96 Å². The highest BCUT2D eigenvalue weighted by Gasteiger charge is 2.06. The van der Waals surface area contributed by atoms with E-state index >= 15 is 0 Å². The Morgan fingerprint density at radius 2 is 1.73 bits per heavy atom. The molecule has 0 aliphatic carbocycles. The van der Waals surface area contributed by atoms with Crippen LogP contribution in [-0.2, 0) is 0 Å². The molecule has 0 aliphatic heterocycles. The van der Waals surface area contributed by atoms with Gasteiger partial charge in [0.2, 0.25) is 0 Å². The number of guanidine groups is 2. The third kappa shape index (κ3) is 3.44. The van der Waals surface area contributed by atoms with Crippen LogP contribution in [0, 0.1) is 0 Å². The van der Waals surface area contributed by atoms with Gasteiger partial charge < -0.3 is 11.5 Å². The lowest BCUT2D eigenvalue weighted by molar-refractivity contribution is -0.531. The molecule has 5 nitrogen and oxygen atoms in total. The van der Waals surface area contributed by atoms with Gasteiger partial charge in [-0.2, -0.15) is 0 Å². The molecule has 0 aromatic rings. The SMILES string of the molecule is CC(C)[N+](C)=C(N)N=C(N)N. The van der Waals surface area contributed by atoms with E-state index in [1.165, 1.54) is 0 Å². The summed E-state index contributed by atoms with van der Waals surface area (Å²) in [4.78, 5) is 3.69. The predicted molar refractivity (Wildman–Crippen MR) is 46.3 cm³/mol. The molecule has 0 aliphatic rings. The normalized spacial score (nSPS) is 12.7. The molecule has 6 N–H and O–H groups in total. The summed E-state index contributed by atoms with van der Waals surface area (Å²) in [5.74, 6) is 0.315.